The quantitative estimate of drug-likeness (QED) is 0.187. The Morgan fingerprint density at radius 3 is 2.54 bits per heavy atom. The van der Waals surface area contributed by atoms with E-state index in [1.54, 1.807) is 0 Å². The van der Waals surface area contributed by atoms with Crippen LogP contribution < -0.4 is 20.7 Å². The summed E-state index contributed by atoms with van der Waals surface area (Å²) in [4.78, 5) is 24.5. The average Bonchev–Trinajstić information content (AvgIpc) is 2.93. The second-order valence-corrected chi connectivity index (χ2v) is 9.88. The van der Waals surface area contributed by atoms with E-state index in [1.165, 1.54) is 23.3 Å². The van der Waals surface area contributed by atoms with E-state index < -0.39 is 17.8 Å². The van der Waals surface area contributed by atoms with E-state index in [4.69, 9.17) is 15.5 Å². The van der Waals surface area contributed by atoms with Gasteiger partial charge in [0.25, 0.3) is 0 Å². The van der Waals surface area contributed by atoms with Gasteiger partial charge in [0.05, 0.1) is 11.7 Å². The monoisotopic (exact) mass is 597 g/mol. The van der Waals surface area contributed by atoms with E-state index >= 15 is 0 Å². The standard InChI is InChI=1S/C31H32FN5O2.2ClH/c1-19-20(2)34-31(36-29(19)37-16-15-23-11-7-8-12-25(23)21(37)3)35-27-14-13-24(32)18-28(27)39-30(38)26(33)17-22-9-5-4-6-10-22;;/h4-14,18,21,26H,15-17,33H2,1-3H3,(H,34,35,36);2*1H/t21?,26-;;/m0../s1. The van der Waals surface area contributed by atoms with Gasteiger partial charge in [-0.25, -0.2) is 14.2 Å². The number of ether oxygens (including phenoxy) is 1. The van der Waals surface area contributed by atoms with Crippen molar-refractivity contribution < 1.29 is 13.9 Å². The van der Waals surface area contributed by atoms with Crippen molar-refractivity contribution in [3.63, 3.8) is 0 Å². The Kier molecular flexibility index (Phi) is 10.7. The minimum atomic E-state index is -0.906. The first kappa shape index (κ1) is 31.8. The van der Waals surface area contributed by atoms with Crippen LogP contribution in [0, 0.1) is 19.7 Å². The van der Waals surface area contributed by atoms with Gasteiger partial charge in [-0.05, 0) is 62.4 Å². The molecule has 41 heavy (non-hydrogen) atoms. The maximum absolute atomic E-state index is 14.2. The fourth-order valence-corrected chi connectivity index (χ4v) is 4.95. The number of anilines is 3. The zero-order valence-electron chi connectivity index (χ0n) is 23.1. The highest BCUT2D eigenvalue weighted by molar-refractivity contribution is 5.85. The molecule has 4 aromatic rings. The number of carbonyl (C=O) groups is 1. The average molecular weight is 599 g/mol. The molecular formula is C31H34Cl2FN5O2. The molecular weight excluding hydrogens is 564 g/mol. The number of carbonyl (C=O) groups excluding carboxylic acids is 1. The van der Waals surface area contributed by atoms with Crippen LogP contribution in [0.1, 0.15) is 40.9 Å². The number of halogens is 3. The number of fused-ring (bicyclic) bond motifs is 1. The first-order valence-corrected chi connectivity index (χ1v) is 13.1. The minimum Gasteiger partial charge on any atom is -0.423 e. The van der Waals surface area contributed by atoms with Crippen molar-refractivity contribution in [2.75, 3.05) is 16.8 Å². The fraction of sp³-hybridized carbons (Fsp3) is 0.258. The van der Waals surface area contributed by atoms with Gasteiger partial charge in [-0.2, -0.15) is 4.98 Å². The lowest BCUT2D eigenvalue weighted by atomic mass is 9.93. The maximum atomic E-state index is 14.2. The van der Waals surface area contributed by atoms with Gasteiger partial charge in [0.15, 0.2) is 5.75 Å². The summed E-state index contributed by atoms with van der Waals surface area (Å²) in [6, 6.07) is 21.1. The molecule has 216 valence electrons. The first-order valence-electron chi connectivity index (χ1n) is 13.1. The first-order chi connectivity index (χ1) is 18.8. The van der Waals surface area contributed by atoms with E-state index in [1.807, 2.05) is 44.2 Å². The van der Waals surface area contributed by atoms with Crippen LogP contribution in [0.5, 0.6) is 5.75 Å². The molecule has 0 saturated carbocycles. The van der Waals surface area contributed by atoms with Crippen LogP contribution in [0.2, 0.25) is 0 Å². The van der Waals surface area contributed by atoms with Gasteiger partial charge >= 0.3 is 5.97 Å². The van der Waals surface area contributed by atoms with Crippen LogP contribution in [-0.2, 0) is 17.6 Å². The molecule has 1 aromatic heterocycles. The van der Waals surface area contributed by atoms with Crippen molar-refractivity contribution in [3.05, 3.63) is 107 Å². The molecule has 0 bridgehead atoms. The molecule has 3 N–H and O–H groups in total. The van der Waals surface area contributed by atoms with Crippen LogP contribution in [0.4, 0.5) is 21.8 Å². The van der Waals surface area contributed by atoms with Gasteiger partial charge in [-0.3, -0.25) is 0 Å². The third-order valence-corrected chi connectivity index (χ3v) is 7.23. The van der Waals surface area contributed by atoms with E-state index in [9.17, 15) is 9.18 Å². The lowest BCUT2D eigenvalue weighted by molar-refractivity contribution is -0.135. The Hall–Kier alpha value is -3.72. The van der Waals surface area contributed by atoms with Crippen molar-refractivity contribution in [2.45, 2.75) is 45.7 Å². The summed E-state index contributed by atoms with van der Waals surface area (Å²) in [5, 5.41) is 3.14. The maximum Gasteiger partial charge on any atom is 0.328 e. The number of esters is 1. The van der Waals surface area contributed by atoms with Crippen molar-refractivity contribution in [2.24, 2.45) is 5.73 Å². The predicted molar refractivity (Wildman–Crippen MR) is 165 cm³/mol. The number of hydrogen-bond donors (Lipinski definition) is 2. The predicted octanol–water partition coefficient (Wildman–Crippen LogP) is 6.42. The number of benzene rings is 3. The molecule has 10 heteroatoms. The van der Waals surface area contributed by atoms with Crippen LogP contribution in [0.3, 0.4) is 0 Å². The number of aryl methyl sites for hydroxylation is 1. The number of rotatable bonds is 7. The molecule has 5 rings (SSSR count). The summed E-state index contributed by atoms with van der Waals surface area (Å²) in [5.41, 5.74) is 11.8. The molecule has 0 fully saturated rings. The number of aromatic nitrogens is 2. The number of nitrogens with zero attached hydrogens (tertiary/aromatic N) is 3. The molecule has 7 nitrogen and oxygen atoms in total. The molecule has 2 atom stereocenters. The molecule has 2 heterocycles. The van der Waals surface area contributed by atoms with E-state index in [0.717, 1.165) is 41.7 Å². The summed E-state index contributed by atoms with van der Waals surface area (Å²) < 4.78 is 19.7. The normalized spacial score (nSPS) is 14.7. The Morgan fingerprint density at radius 2 is 1.78 bits per heavy atom. The minimum absolute atomic E-state index is 0. The Bertz CT molecular complexity index is 1510. The van der Waals surface area contributed by atoms with Crippen LogP contribution in [0.25, 0.3) is 0 Å². The lowest BCUT2D eigenvalue weighted by Crippen LogP contribution is -2.36. The molecule has 1 unspecified atom stereocenters. The zero-order valence-corrected chi connectivity index (χ0v) is 24.8. The zero-order chi connectivity index (χ0) is 27.5. The molecule has 3 aromatic carbocycles. The molecule has 0 amide bonds. The molecule has 0 spiro atoms. The highest BCUT2D eigenvalue weighted by Gasteiger charge is 2.27. The highest BCUT2D eigenvalue weighted by atomic mass is 35.5. The van der Waals surface area contributed by atoms with Gasteiger partial charge < -0.3 is 20.7 Å². The van der Waals surface area contributed by atoms with E-state index in [0.29, 0.717) is 18.1 Å². The van der Waals surface area contributed by atoms with Crippen molar-refractivity contribution in [3.8, 4) is 5.75 Å². The molecule has 0 radical (unpaired) electrons. The van der Waals surface area contributed by atoms with Crippen molar-refractivity contribution in [1.29, 1.82) is 0 Å². The van der Waals surface area contributed by atoms with Crippen molar-refractivity contribution in [1.82, 2.24) is 9.97 Å². The molecule has 0 saturated heterocycles. The third kappa shape index (κ3) is 7.14. The van der Waals surface area contributed by atoms with Gasteiger partial charge in [-0.15, -0.1) is 24.8 Å². The smallest absolute Gasteiger partial charge is 0.328 e. The summed E-state index contributed by atoms with van der Waals surface area (Å²) in [5.74, 6) is -0.0150. The largest absolute Gasteiger partial charge is 0.423 e. The second kappa shape index (κ2) is 13.8. The summed E-state index contributed by atoms with van der Waals surface area (Å²) in [6.07, 6.45) is 1.23. The van der Waals surface area contributed by atoms with E-state index in [-0.39, 0.29) is 36.6 Å². The third-order valence-electron chi connectivity index (χ3n) is 7.23. The number of nitrogens with one attached hydrogen (secondary N) is 1. The van der Waals surface area contributed by atoms with Gasteiger partial charge in [-0.1, -0.05) is 54.6 Å². The van der Waals surface area contributed by atoms with Crippen LogP contribution >= 0.6 is 24.8 Å². The lowest BCUT2D eigenvalue weighted by Gasteiger charge is -2.37. The SMILES string of the molecule is Cc1nc(Nc2ccc(F)cc2OC(=O)[C@@H](N)Cc2ccccc2)nc(N2CCc3ccccc3C2C)c1C.Cl.Cl. The Morgan fingerprint density at radius 1 is 1.07 bits per heavy atom. The summed E-state index contributed by atoms with van der Waals surface area (Å²) in [7, 11) is 0. The Labute approximate surface area is 252 Å². The number of hydrogen-bond acceptors (Lipinski definition) is 7. The molecule has 0 aliphatic carbocycles. The second-order valence-electron chi connectivity index (χ2n) is 9.88. The highest BCUT2D eigenvalue weighted by Crippen LogP contribution is 2.36. The van der Waals surface area contributed by atoms with Crippen LogP contribution in [-0.4, -0.2) is 28.5 Å². The van der Waals surface area contributed by atoms with Gasteiger partial charge in [0.2, 0.25) is 5.95 Å². The number of nitrogens with two attached hydrogens (primary N) is 1. The molecule has 1 aliphatic rings. The summed E-state index contributed by atoms with van der Waals surface area (Å²) in [6.45, 7) is 6.95. The van der Waals surface area contributed by atoms with Crippen LogP contribution in [0.15, 0.2) is 72.8 Å². The Balaban J connectivity index is 0.00000231. The van der Waals surface area contributed by atoms with Gasteiger partial charge in [0.1, 0.15) is 17.7 Å². The van der Waals surface area contributed by atoms with Crippen molar-refractivity contribution >= 4 is 48.2 Å². The topological polar surface area (TPSA) is 93.4 Å². The summed E-state index contributed by atoms with van der Waals surface area (Å²) >= 11 is 0. The van der Waals surface area contributed by atoms with Gasteiger partial charge in [0, 0.05) is 23.9 Å². The molecule has 1 aliphatic heterocycles. The fourth-order valence-electron chi connectivity index (χ4n) is 4.95. The van der Waals surface area contributed by atoms with E-state index in [2.05, 4.69) is 46.4 Å².